The molecular formula is C29H38N2O2. The predicted octanol–water partition coefficient (Wildman–Crippen LogP) is 5.38. The molecule has 0 unspecified atom stereocenters. The summed E-state index contributed by atoms with van der Waals surface area (Å²) in [6.45, 7) is 0. The Kier molecular flexibility index (Phi) is 4.56. The van der Waals surface area contributed by atoms with Gasteiger partial charge in [-0.1, -0.05) is 12.2 Å². The van der Waals surface area contributed by atoms with E-state index in [2.05, 4.69) is 22.8 Å². The van der Waals surface area contributed by atoms with Gasteiger partial charge in [-0.2, -0.15) is 0 Å². The maximum absolute atomic E-state index is 13.4. The lowest BCUT2D eigenvalue weighted by Gasteiger charge is -2.55. The monoisotopic (exact) mass is 446 g/mol. The predicted molar refractivity (Wildman–Crippen MR) is 127 cm³/mol. The fourth-order valence-electron chi connectivity index (χ4n) is 10.1. The van der Waals surface area contributed by atoms with Gasteiger partial charge in [0.15, 0.2) is 0 Å². The van der Waals surface area contributed by atoms with E-state index >= 15 is 0 Å². The van der Waals surface area contributed by atoms with Crippen molar-refractivity contribution in [1.82, 2.24) is 10.6 Å². The van der Waals surface area contributed by atoms with Crippen molar-refractivity contribution < 1.29 is 9.59 Å². The van der Waals surface area contributed by atoms with E-state index in [0.29, 0.717) is 0 Å². The van der Waals surface area contributed by atoms with Gasteiger partial charge in [-0.25, -0.2) is 0 Å². The molecule has 0 spiro atoms. The van der Waals surface area contributed by atoms with Crippen LogP contribution in [0.15, 0.2) is 35.7 Å². The molecule has 0 radical (unpaired) electrons. The molecule has 8 bridgehead atoms. The Morgan fingerprint density at radius 2 is 0.879 bits per heavy atom. The number of carbonyl (C=O) groups is 2. The summed E-state index contributed by atoms with van der Waals surface area (Å²) >= 11 is 0. The summed E-state index contributed by atoms with van der Waals surface area (Å²) in [5.74, 6) is 5.13. The minimum absolute atomic E-state index is 0.126. The number of hydrogen-bond donors (Lipinski definition) is 2. The van der Waals surface area contributed by atoms with Crippen molar-refractivity contribution in [2.45, 2.75) is 83.5 Å². The minimum atomic E-state index is -0.126. The highest BCUT2D eigenvalue weighted by Gasteiger charge is 2.55. The summed E-state index contributed by atoms with van der Waals surface area (Å²) in [6.07, 6.45) is 23.6. The van der Waals surface area contributed by atoms with Crippen LogP contribution in [-0.4, -0.2) is 11.8 Å². The second kappa shape index (κ2) is 7.33. The number of allylic oxidation sites excluding steroid dienone is 4. The molecule has 8 saturated carbocycles. The zero-order valence-corrected chi connectivity index (χ0v) is 19.8. The standard InChI is InChI=1S/C29H38N2O2/c32-26(28-12-18-6-19(13-28)8-20(7-18)14-28)30-24-2-1-3-25(5-4-24)31-27(33)29-15-21-9-22(16-29)11-23(10-21)17-29/h2-5,18-23H,1,6-17H2,(H,30,32)(H,31,33). The molecule has 0 saturated heterocycles. The second-order valence-corrected chi connectivity index (χ2v) is 13.2. The van der Waals surface area contributed by atoms with Crippen LogP contribution in [0.1, 0.15) is 83.5 Å². The van der Waals surface area contributed by atoms with Gasteiger partial charge >= 0.3 is 0 Å². The van der Waals surface area contributed by atoms with E-state index in [1.165, 1.54) is 38.5 Å². The quantitative estimate of drug-likeness (QED) is 0.609. The summed E-state index contributed by atoms with van der Waals surface area (Å²) < 4.78 is 0. The topological polar surface area (TPSA) is 58.2 Å². The third kappa shape index (κ3) is 3.46. The average Bonchev–Trinajstić information content (AvgIpc) is 2.97. The normalized spacial score (nSPS) is 46.5. The fourth-order valence-corrected chi connectivity index (χ4v) is 10.1. The summed E-state index contributed by atoms with van der Waals surface area (Å²) in [7, 11) is 0. The van der Waals surface area contributed by atoms with Crippen molar-refractivity contribution in [3.8, 4) is 0 Å². The molecule has 0 aromatic rings. The Hall–Kier alpha value is -1.84. The van der Waals surface area contributed by atoms with Crippen LogP contribution in [-0.2, 0) is 9.59 Å². The smallest absolute Gasteiger partial charge is 0.230 e. The molecule has 9 rings (SSSR count). The number of carbonyl (C=O) groups excluding carboxylic acids is 2. The first-order valence-electron chi connectivity index (χ1n) is 13.7. The summed E-state index contributed by atoms with van der Waals surface area (Å²) in [5.41, 5.74) is 1.54. The highest BCUT2D eigenvalue weighted by Crippen LogP contribution is 2.61. The molecule has 0 aliphatic heterocycles. The Morgan fingerprint density at radius 3 is 1.18 bits per heavy atom. The third-order valence-corrected chi connectivity index (χ3v) is 10.7. The van der Waals surface area contributed by atoms with E-state index in [1.54, 1.807) is 0 Å². The molecule has 8 fully saturated rings. The molecule has 4 nitrogen and oxygen atoms in total. The van der Waals surface area contributed by atoms with E-state index in [-0.39, 0.29) is 22.6 Å². The molecule has 176 valence electrons. The first-order chi connectivity index (χ1) is 16.0. The van der Waals surface area contributed by atoms with Gasteiger partial charge in [0.2, 0.25) is 11.8 Å². The van der Waals surface area contributed by atoms with Gasteiger partial charge in [0, 0.05) is 11.4 Å². The minimum Gasteiger partial charge on any atom is -0.326 e. The van der Waals surface area contributed by atoms with Gasteiger partial charge in [-0.3, -0.25) is 9.59 Å². The van der Waals surface area contributed by atoms with Gasteiger partial charge in [-0.05, 0) is 131 Å². The molecule has 2 N–H and O–H groups in total. The molecule has 9 aliphatic rings. The van der Waals surface area contributed by atoms with Crippen molar-refractivity contribution in [2.24, 2.45) is 46.3 Å². The van der Waals surface area contributed by atoms with Crippen LogP contribution in [0, 0.1) is 46.3 Å². The van der Waals surface area contributed by atoms with Crippen molar-refractivity contribution in [3.05, 3.63) is 35.7 Å². The molecular weight excluding hydrogens is 408 g/mol. The number of hydrogen-bond acceptors (Lipinski definition) is 2. The SMILES string of the molecule is O=C(NC1=CCC=C(NC(=O)C23CC4CC(CC(C4)C2)C3)C=C1)C12CC3CC(CC(C3)C1)C2. The highest BCUT2D eigenvalue weighted by atomic mass is 16.2. The molecule has 0 aromatic heterocycles. The largest absolute Gasteiger partial charge is 0.326 e. The Labute approximate surface area is 197 Å². The average molecular weight is 447 g/mol. The maximum Gasteiger partial charge on any atom is 0.230 e. The van der Waals surface area contributed by atoms with Gasteiger partial charge in [0.05, 0.1) is 10.8 Å². The van der Waals surface area contributed by atoms with Crippen LogP contribution in [0.5, 0.6) is 0 Å². The first kappa shape index (κ1) is 20.5. The lowest BCUT2D eigenvalue weighted by atomic mass is 9.49. The summed E-state index contributed by atoms with van der Waals surface area (Å²) in [5, 5.41) is 6.58. The Bertz CT molecular complexity index is 824. The molecule has 2 amide bonds. The van der Waals surface area contributed by atoms with E-state index < -0.39 is 0 Å². The van der Waals surface area contributed by atoms with Crippen LogP contribution in [0.4, 0.5) is 0 Å². The zero-order valence-electron chi connectivity index (χ0n) is 19.8. The van der Waals surface area contributed by atoms with E-state index in [4.69, 9.17) is 0 Å². The molecule has 9 aliphatic carbocycles. The third-order valence-electron chi connectivity index (χ3n) is 10.7. The van der Waals surface area contributed by atoms with Crippen LogP contribution in [0.2, 0.25) is 0 Å². The Balaban J connectivity index is 1.00. The van der Waals surface area contributed by atoms with Crippen molar-refractivity contribution in [3.63, 3.8) is 0 Å². The number of amides is 2. The van der Waals surface area contributed by atoms with Crippen LogP contribution >= 0.6 is 0 Å². The van der Waals surface area contributed by atoms with Crippen LogP contribution in [0.3, 0.4) is 0 Å². The molecule has 4 heteroatoms. The molecule has 0 aromatic carbocycles. The van der Waals surface area contributed by atoms with Crippen LogP contribution < -0.4 is 10.6 Å². The molecule has 0 heterocycles. The van der Waals surface area contributed by atoms with Gasteiger partial charge < -0.3 is 10.6 Å². The van der Waals surface area contributed by atoms with E-state index in [0.717, 1.165) is 91.8 Å². The fraction of sp³-hybridized carbons (Fsp3) is 0.724. The number of nitrogens with one attached hydrogen (secondary N) is 2. The van der Waals surface area contributed by atoms with E-state index in [1.807, 2.05) is 12.2 Å². The van der Waals surface area contributed by atoms with Crippen LogP contribution in [0.25, 0.3) is 0 Å². The lowest BCUT2D eigenvalue weighted by molar-refractivity contribution is -0.145. The Morgan fingerprint density at radius 1 is 0.576 bits per heavy atom. The summed E-state index contributed by atoms with van der Waals surface area (Å²) in [6, 6.07) is 0. The van der Waals surface area contributed by atoms with Gasteiger partial charge in [0.1, 0.15) is 0 Å². The van der Waals surface area contributed by atoms with Gasteiger partial charge in [0.25, 0.3) is 0 Å². The second-order valence-electron chi connectivity index (χ2n) is 13.2. The first-order valence-corrected chi connectivity index (χ1v) is 13.7. The molecule has 33 heavy (non-hydrogen) atoms. The maximum atomic E-state index is 13.4. The highest BCUT2D eigenvalue weighted by molar-refractivity contribution is 5.86. The lowest BCUT2D eigenvalue weighted by Crippen LogP contribution is -2.53. The van der Waals surface area contributed by atoms with Crippen molar-refractivity contribution in [2.75, 3.05) is 0 Å². The number of rotatable bonds is 4. The van der Waals surface area contributed by atoms with Crippen molar-refractivity contribution in [1.29, 1.82) is 0 Å². The van der Waals surface area contributed by atoms with Crippen molar-refractivity contribution >= 4 is 11.8 Å². The van der Waals surface area contributed by atoms with Gasteiger partial charge in [-0.15, -0.1) is 0 Å². The van der Waals surface area contributed by atoms with E-state index in [9.17, 15) is 9.59 Å². The molecule has 0 atom stereocenters. The summed E-state index contributed by atoms with van der Waals surface area (Å²) in [4.78, 5) is 26.8. The zero-order chi connectivity index (χ0) is 22.2.